The van der Waals surface area contributed by atoms with Crippen LogP contribution in [0.4, 0.5) is 74.7 Å². The van der Waals surface area contributed by atoms with E-state index >= 15 is 0 Å². The van der Waals surface area contributed by atoms with E-state index in [1.807, 2.05) is 0 Å². The van der Waals surface area contributed by atoms with Gasteiger partial charge in [0.1, 0.15) is 34.3 Å². The van der Waals surface area contributed by atoms with Crippen LogP contribution in [0.5, 0.6) is 0 Å². The molecule has 0 aliphatic rings. The van der Waals surface area contributed by atoms with E-state index < -0.39 is 75.3 Å². The maximum atomic E-state index is 12.4. The highest BCUT2D eigenvalue weighted by Crippen LogP contribution is 2.35. The van der Waals surface area contributed by atoms with Crippen molar-refractivity contribution in [3.05, 3.63) is 132 Å². The average molecular weight is 1160 g/mol. The fourth-order valence-electron chi connectivity index (χ4n) is 6.62. The number of rotatable bonds is 21. The van der Waals surface area contributed by atoms with Gasteiger partial charge in [-0.1, -0.05) is 0 Å². The Morgan fingerprint density at radius 2 is 0.759 bits per heavy atom. The number of benzene rings is 6. The number of aliphatic carboxylic acids is 2. The lowest BCUT2D eigenvalue weighted by Crippen LogP contribution is -2.36. The zero-order valence-electron chi connectivity index (χ0n) is 40.2. The molecule has 6 aromatic carbocycles. The average Bonchev–Trinajstić information content (AvgIpc) is 3.38. The number of hydrogen-bond donors (Lipinski definition) is 8. The van der Waals surface area contributed by atoms with Crippen LogP contribution >= 0.6 is 0 Å². The minimum Gasteiger partial charge on any atom is -0.480 e. The normalized spacial score (nSPS) is 12.4. The van der Waals surface area contributed by atoms with E-state index in [1.54, 1.807) is 26.0 Å². The molecule has 0 aliphatic carbocycles. The Morgan fingerprint density at radius 1 is 0.430 bits per heavy atom. The minimum atomic E-state index is -4.90. The largest absolute Gasteiger partial charge is 0.480 e. The molecular formula is C45H38N14O16S4. The molecule has 79 heavy (non-hydrogen) atoms. The number of hydrogen-bond acceptors (Lipinski definition) is 24. The molecule has 0 radical (unpaired) electrons. The van der Waals surface area contributed by atoms with Gasteiger partial charge in [-0.25, -0.2) is 0 Å². The van der Waals surface area contributed by atoms with Crippen molar-refractivity contribution >= 4 is 127 Å². The van der Waals surface area contributed by atoms with Crippen molar-refractivity contribution in [2.45, 2.75) is 33.4 Å². The van der Waals surface area contributed by atoms with E-state index in [-0.39, 0.29) is 73.1 Å². The Morgan fingerprint density at radius 3 is 1.09 bits per heavy atom. The quantitative estimate of drug-likeness (QED) is 0.0245. The van der Waals surface area contributed by atoms with Gasteiger partial charge in [0.05, 0.1) is 43.9 Å². The summed E-state index contributed by atoms with van der Waals surface area (Å²) in [6.07, 6.45) is 0. The van der Waals surface area contributed by atoms with Crippen molar-refractivity contribution < 1.29 is 71.7 Å². The van der Waals surface area contributed by atoms with Gasteiger partial charge in [-0.2, -0.15) is 79.3 Å². The lowest BCUT2D eigenvalue weighted by atomic mass is 10.2. The van der Waals surface area contributed by atoms with Gasteiger partial charge in [0, 0.05) is 11.4 Å². The summed E-state index contributed by atoms with van der Waals surface area (Å²) < 4.78 is 133. The number of nitrogens with one attached hydrogen (secondary N) is 2. The van der Waals surface area contributed by atoms with Crippen LogP contribution in [0.25, 0.3) is 0 Å². The molecule has 34 heteroatoms. The molecule has 1 heterocycles. The first-order valence-corrected chi connectivity index (χ1v) is 27.6. The fraction of sp³-hybridized carbons (Fsp3) is 0.0889. The van der Waals surface area contributed by atoms with E-state index in [2.05, 4.69) is 66.5 Å². The van der Waals surface area contributed by atoms with Crippen molar-refractivity contribution in [1.29, 1.82) is 0 Å². The van der Waals surface area contributed by atoms with Gasteiger partial charge in [-0.3, -0.25) is 27.8 Å². The highest BCUT2D eigenvalue weighted by atomic mass is 32.2. The third kappa shape index (κ3) is 15.9. The molecule has 7 rings (SSSR count). The third-order valence-electron chi connectivity index (χ3n) is 10.3. The number of nitrogens with zero attached hydrogens (tertiary/aromatic N) is 12. The van der Waals surface area contributed by atoms with Crippen LogP contribution in [0.3, 0.4) is 0 Å². The molecule has 0 spiro atoms. The third-order valence-corrected chi connectivity index (χ3v) is 13.8. The van der Waals surface area contributed by atoms with Crippen molar-refractivity contribution in [2.75, 3.05) is 28.6 Å². The molecule has 0 bridgehead atoms. The molecule has 0 fully saturated rings. The van der Waals surface area contributed by atoms with Gasteiger partial charge in [0.2, 0.25) is 17.8 Å². The van der Waals surface area contributed by atoms with Gasteiger partial charge < -0.3 is 25.7 Å². The lowest BCUT2D eigenvalue weighted by molar-refractivity contribution is -0.136. The number of aryl methyl sites for hydroxylation is 2. The molecule has 408 valence electrons. The maximum absolute atomic E-state index is 12.4. The molecule has 1 aromatic heterocycles. The number of carboxylic acid groups (broad SMARTS) is 2. The molecule has 0 atom stereocenters. The minimum absolute atomic E-state index is 0.0438. The summed E-state index contributed by atoms with van der Waals surface area (Å²) >= 11 is 0. The second-order valence-corrected chi connectivity index (χ2v) is 21.8. The molecule has 7 aromatic rings. The first-order valence-electron chi connectivity index (χ1n) is 21.8. The van der Waals surface area contributed by atoms with Gasteiger partial charge in [-0.15, -0.1) is 10.2 Å². The van der Waals surface area contributed by atoms with Crippen LogP contribution in [-0.4, -0.2) is 102 Å². The molecule has 30 nitrogen and oxygen atoms in total. The fourth-order valence-corrected chi connectivity index (χ4v) is 8.86. The second-order valence-electron chi connectivity index (χ2n) is 16.2. The Kier molecular flexibility index (Phi) is 17.1. The summed E-state index contributed by atoms with van der Waals surface area (Å²) in [6, 6.07) is 25.3. The number of carbonyl (C=O) groups is 2. The summed E-state index contributed by atoms with van der Waals surface area (Å²) in [5, 5.41) is 57.1. The SMILES string of the molecule is Cc1cc(Nc2nc(Nc3ccc(/N=N\c4ccc(/N=N\c5ccc(S(=O)(=O)O)cc5)cc4S(=O)(=O)O)c(C)c3)nc(N(CC(=O)O)CC(=O)O)n2)ccc1/N=N\c1ccc(/N=N\c2ccc(S(=O)(=O)O)cc2)cc1S(=O)(=O)O. The van der Waals surface area contributed by atoms with Crippen LogP contribution in [0, 0.1) is 13.8 Å². The van der Waals surface area contributed by atoms with E-state index in [0.717, 1.165) is 41.3 Å². The maximum Gasteiger partial charge on any atom is 0.323 e. The molecule has 0 amide bonds. The van der Waals surface area contributed by atoms with Crippen LogP contribution < -0.4 is 15.5 Å². The van der Waals surface area contributed by atoms with E-state index in [1.165, 1.54) is 72.8 Å². The zero-order valence-corrected chi connectivity index (χ0v) is 43.5. The van der Waals surface area contributed by atoms with Crippen LogP contribution in [0.2, 0.25) is 0 Å². The Balaban J connectivity index is 1.10. The summed E-state index contributed by atoms with van der Waals surface area (Å²) in [6.45, 7) is 1.57. The van der Waals surface area contributed by atoms with E-state index in [0.29, 0.717) is 22.5 Å². The second kappa shape index (κ2) is 23.5. The molecule has 0 unspecified atom stereocenters. The van der Waals surface area contributed by atoms with E-state index in [4.69, 9.17) is 0 Å². The summed E-state index contributed by atoms with van der Waals surface area (Å²) in [5.74, 6) is -3.59. The summed E-state index contributed by atoms with van der Waals surface area (Å²) in [7, 11) is -18.7. The van der Waals surface area contributed by atoms with Gasteiger partial charge in [0.15, 0.2) is 0 Å². The number of azo groups is 4. The Labute approximate surface area is 447 Å². The molecular weight excluding hydrogens is 1120 g/mol. The standard InChI is InChI=1S/C45H38N14O16S4/c1-25-19-29(7-15-35(25)55-57-37-17-9-31(21-39(37)78(70,71)72)53-51-27-3-11-33(12-4-27)76(64,65)66)46-43-48-44(50-45(49-43)59(23-41(60)61)24-42(62)63)47-30-8-16-36(26(2)20-30)56-58-38-18-10-32(22-40(38)79(73,74)75)54-52-28-5-13-34(14-6-28)77(67,68)69/h3-22H,23-24H2,1-2H3,(H,60,61)(H,62,63)(H,64,65,66)(H,67,68,69)(H,70,71,72)(H,73,74,75)(H2,46,47,48,49,50)/b53-51-,54-52-,57-55-,58-56-. The Bertz CT molecular complexity index is 3870. The van der Waals surface area contributed by atoms with Gasteiger partial charge >= 0.3 is 11.9 Å². The molecule has 0 saturated carbocycles. The van der Waals surface area contributed by atoms with Crippen molar-refractivity contribution in [3.8, 4) is 0 Å². The monoisotopic (exact) mass is 1160 g/mol. The number of aromatic nitrogens is 3. The highest BCUT2D eigenvalue weighted by Gasteiger charge is 2.22. The zero-order chi connectivity index (χ0) is 57.5. The van der Waals surface area contributed by atoms with Crippen LogP contribution in [-0.2, 0) is 50.1 Å². The smallest absolute Gasteiger partial charge is 0.323 e. The van der Waals surface area contributed by atoms with Crippen molar-refractivity contribution in [3.63, 3.8) is 0 Å². The summed E-state index contributed by atoms with van der Waals surface area (Å²) in [5.41, 5.74) is 1.61. The molecule has 0 aliphatic heterocycles. The van der Waals surface area contributed by atoms with Gasteiger partial charge in [-0.05, 0) is 146 Å². The first-order chi connectivity index (χ1) is 37.1. The van der Waals surface area contributed by atoms with Crippen LogP contribution in [0.15, 0.2) is 182 Å². The topological polar surface area (TPSA) is 457 Å². The molecule has 8 N–H and O–H groups in total. The first kappa shape index (κ1) is 57.4. The Hall–Kier alpha value is -9.29. The molecule has 0 saturated heterocycles. The number of carboxylic acids is 2. The van der Waals surface area contributed by atoms with E-state index in [9.17, 15) is 71.7 Å². The predicted octanol–water partition coefficient (Wildman–Crippen LogP) is 9.60. The van der Waals surface area contributed by atoms with Crippen molar-refractivity contribution in [1.82, 2.24) is 15.0 Å². The summed E-state index contributed by atoms with van der Waals surface area (Å²) in [4.78, 5) is 35.3. The highest BCUT2D eigenvalue weighted by molar-refractivity contribution is 7.86. The lowest BCUT2D eigenvalue weighted by Gasteiger charge is -2.20. The number of anilines is 5. The predicted molar refractivity (Wildman–Crippen MR) is 278 cm³/mol. The van der Waals surface area contributed by atoms with Gasteiger partial charge in [0.25, 0.3) is 40.5 Å². The van der Waals surface area contributed by atoms with Crippen LogP contribution in [0.1, 0.15) is 11.1 Å². The van der Waals surface area contributed by atoms with Crippen molar-refractivity contribution in [2.24, 2.45) is 40.9 Å².